The Balaban J connectivity index is 0.00000121. The quantitative estimate of drug-likeness (QED) is 0.712. The van der Waals surface area contributed by atoms with Crippen LogP contribution < -0.4 is 5.56 Å². The van der Waals surface area contributed by atoms with E-state index < -0.39 is 6.10 Å². The molecule has 1 atom stereocenters. The number of pyridine rings is 1. The molecule has 2 aromatic heterocycles. The zero-order valence-corrected chi connectivity index (χ0v) is 15.1. The predicted octanol–water partition coefficient (Wildman–Crippen LogP) is 2.10. The molecule has 0 saturated carbocycles. The summed E-state index contributed by atoms with van der Waals surface area (Å²) in [4.78, 5) is 17.1. The fraction of sp³-hybridized carbons (Fsp3) is 0.222. The fourth-order valence-electron chi connectivity index (χ4n) is 3.17. The molecule has 0 spiro atoms. The number of hydrogen-bond donors (Lipinski definition) is 2. The van der Waals surface area contributed by atoms with Crippen LogP contribution in [0.5, 0.6) is 5.75 Å². The highest BCUT2D eigenvalue weighted by Crippen LogP contribution is 2.41. The second-order valence-corrected chi connectivity index (χ2v) is 5.95. The number of halogens is 1. The summed E-state index contributed by atoms with van der Waals surface area (Å²) in [6.07, 6.45) is 1.11. The number of para-hydroxylation sites is 1. The van der Waals surface area contributed by atoms with Gasteiger partial charge in [0.2, 0.25) is 0 Å². The molecule has 3 aromatic rings. The van der Waals surface area contributed by atoms with E-state index in [1.165, 1.54) is 4.68 Å². The molecule has 1 aliphatic rings. The Morgan fingerprint density at radius 2 is 1.92 bits per heavy atom. The molecule has 0 amide bonds. The van der Waals surface area contributed by atoms with Gasteiger partial charge in [0.1, 0.15) is 11.9 Å². The van der Waals surface area contributed by atoms with Gasteiger partial charge in [-0.25, -0.2) is 4.68 Å². The van der Waals surface area contributed by atoms with Crippen molar-refractivity contribution in [1.82, 2.24) is 14.8 Å². The molecule has 26 heavy (non-hydrogen) atoms. The van der Waals surface area contributed by atoms with Crippen molar-refractivity contribution >= 4 is 12.4 Å². The maximum atomic E-state index is 12.9. The van der Waals surface area contributed by atoms with Gasteiger partial charge in [-0.2, -0.15) is 0 Å². The minimum Gasteiger partial charge on any atom is -0.506 e. The van der Waals surface area contributed by atoms with E-state index in [9.17, 15) is 9.90 Å². The van der Waals surface area contributed by atoms with Gasteiger partial charge in [-0.3, -0.25) is 14.9 Å². The highest BCUT2D eigenvalue weighted by Gasteiger charge is 2.33. The summed E-state index contributed by atoms with van der Waals surface area (Å²) in [5.74, 6) is 0.0984. The Hall–Kier alpha value is -2.61. The maximum Gasteiger partial charge on any atom is 0.277 e. The second kappa shape index (κ2) is 7.33. The third-order valence-electron chi connectivity index (χ3n) is 4.42. The van der Waals surface area contributed by atoms with Crippen LogP contribution in [-0.2, 0) is 11.3 Å². The van der Waals surface area contributed by atoms with Crippen LogP contribution in [0.4, 0.5) is 0 Å². The normalized spacial score (nSPS) is 15.1. The van der Waals surface area contributed by atoms with Crippen LogP contribution in [0.15, 0.2) is 41.3 Å². The molecule has 1 aliphatic heterocycles. The van der Waals surface area contributed by atoms with Crippen molar-refractivity contribution in [2.75, 3.05) is 0 Å². The number of ether oxygens (including phenoxy) is 1. The maximum absolute atomic E-state index is 12.9. The molecule has 8 heteroatoms. The van der Waals surface area contributed by atoms with E-state index in [1.54, 1.807) is 13.1 Å². The number of hydrogen-bond acceptors (Lipinski definition) is 4. The van der Waals surface area contributed by atoms with Crippen LogP contribution >= 0.6 is 12.4 Å². The Kier molecular flexibility index (Phi) is 5.56. The van der Waals surface area contributed by atoms with Crippen LogP contribution in [0.3, 0.4) is 0 Å². The summed E-state index contributed by atoms with van der Waals surface area (Å²) < 4.78 is 7.32. The molecule has 0 fully saturated rings. The highest BCUT2D eigenvalue weighted by atomic mass is 35.5. The van der Waals surface area contributed by atoms with Gasteiger partial charge in [-0.1, -0.05) is 18.2 Å². The first-order valence-electron chi connectivity index (χ1n) is 7.73. The van der Waals surface area contributed by atoms with Crippen molar-refractivity contribution in [3.63, 3.8) is 0 Å². The minimum absolute atomic E-state index is 0. The Morgan fingerprint density at radius 1 is 1.23 bits per heavy atom. The molecule has 0 saturated heterocycles. The first kappa shape index (κ1) is 19.7. The largest absolute Gasteiger partial charge is 0.506 e. The molecule has 7 nitrogen and oxygen atoms in total. The average molecular weight is 378 g/mol. The van der Waals surface area contributed by atoms with Gasteiger partial charge >= 0.3 is 0 Å². The van der Waals surface area contributed by atoms with E-state index in [4.69, 9.17) is 4.74 Å². The lowest BCUT2D eigenvalue weighted by Gasteiger charge is -2.12. The lowest BCUT2D eigenvalue weighted by atomic mass is 9.99. The molecule has 3 heterocycles. The third kappa shape index (κ3) is 2.90. The SMILES string of the molecule is Cc1ncc2c(c1O)C(c1c(C)[nH]n(-c3ccccc3)c1=O)OC2.Cl.O. The topological polar surface area (TPSA) is 112 Å². The molecule has 0 radical (unpaired) electrons. The van der Waals surface area contributed by atoms with Crippen molar-refractivity contribution in [1.29, 1.82) is 0 Å². The third-order valence-corrected chi connectivity index (χ3v) is 4.42. The Labute approximate surface area is 156 Å². The van der Waals surface area contributed by atoms with Crippen LogP contribution in [0.2, 0.25) is 0 Å². The van der Waals surface area contributed by atoms with Crippen LogP contribution in [0.25, 0.3) is 5.69 Å². The molecule has 1 unspecified atom stereocenters. The molecular formula is C18H20ClN3O4. The van der Waals surface area contributed by atoms with Gasteiger partial charge in [0.25, 0.3) is 5.56 Å². The zero-order valence-electron chi connectivity index (χ0n) is 14.3. The van der Waals surface area contributed by atoms with Gasteiger partial charge in [0, 0.05) is 23.0 Å². The summed E-state index contributed by atoms with van der Waals surface area (Å²) >= 11 is 0. The predicted molar refractivity (Wildman–Crippen MR) is 99.3 cm³/mol. The van der Waals surface area contributed by atoms with Gasteiger partial charge < -0.3 is 15.3 Å². The number of benzene rings is 1. The van der Waals surface area contributed by atoms with E-state index in [0.29, 0.717) is 23.4 Å². The fourth-order valence-corrected chi connectivity index (χ4v) is 3.17. The van der Waals surface area contributed by atoms with Gasteiger partial charge in [0.15, 0.2) is 0 Å². The van der Waals surface area contributed by atoms with E-state index in [-0.39, 0.29) is 29.2 Å². The smallest absolute Gasteiger partial charge is 0.277 e. The summed E-state index contributed by atoms with van der Waals surface area (Å²) in [6, 6.07) is 9.36. The van der Waals surface area contributed by atoms with E-state index >= 15 is 0 Å². The number of aromatic nitrogens is 3. The molecule has 0 bridgehead atoms. The van der Waals surface area contributed by atoms with Crippen molar-refractivity contribution in [2.24, 2.45) is 0 Å². The first-order valence-corrected chi connectivity index (χ1v) is 7.73. The van der Waals surface area contributed by atoms with Crippen molar-refractivity contribution in [2.45, 2.75) is 26.6 Å². The first-order chi connectivity index (χ1) is 11.6. The number of H-pyrrole nitrogens is 1. The van der Waals surface area contributed by atoms with E-state index in [2.05, 4.69) is 10.1 Å². The number of nitrogens with zero attached hydrogens (tertiary/aromatic N) is 2. The lowest BCUT2D eigenvalue weighted by Crippen LogP contribution is -2.19. The van der Waals surface area contributed by atoms with Crippen LogP contribution in [0.1, 0.15) is 34.2 Å². The van der Waals surface area contributed by atoms with E-state index in [1.807, 2.05) is 37.3 Å². The molecule has 4 N–H and O–H groups in total. The van der Waals surface area contributed by atoms with Gasteiger partial charge in [-0.15, -0.1) is 12.4 Å². The van der Waals surface area contributed by atoms with E-state index in [0.717, 1.165) is 16.9 Å². The monoisotopic (exact) mass is 377 g/mol. The molecule has 138 valence electrons. The molecular weight excluding hydrogens is 358 g/mol. The van der Waals surface area contributed by atoms with Gasteiger partial charge in [-0.05, 0) is 26.0 Å². The van der Waals surface area contributed by atoms with Crippen molar-refractivity contribution in [3.8, 4) is 11.4 Å². The molecule has 0 aliphatic carbocycles. The Morgan fingerprint density at radius 3 is 2.62 bits per heavy atom. The van der Waals surface area contributed by atoms with Crippen LogP contribution in [-0.4, -0.2) is 25.3 Å². The van der Waals surface area contributed by atoms with Crippen LogP contribution in [0, 0.1) is 13.8 Å². The standard InChI is InChI=1S/C18H17N3O3.ClH.H2O/c1-10-14(18(23)21(20-10)13-6-4-3-5-7-13)17-15-12(9-24-17)8-19-11(2)16(15)22;;/h3-8,17,20,22H,9H2,1-2H3;1H;1H2. The lowest BCUT2D eigenvalue weighted by molar-refractivity contribution is 0.0918. The number of aromatic hydroxyl groups is 1. The van der Waals surface area contributed by atoms with Gasteiger partial charge in [0.05, 0.1) is 23.6 Å². The Bertz CT molecular complexity index is 982. The summed E-state index contributed by atoms with van der Waals surface area (Å²) in [7, 11) is 0. The summed E-state index contributed by atoms with van der Waals surface area (Å²) in [6.45, 7) is 3.90. The minimum atomic E-state index is -0.588. The highest BCUT2D eigenvalue weighted by molar-refractivity contribution is 5.85. The second-order valence-electron chi connectivity index (χ2n) is 5.95. The summed E-state index contributed by atoms with van der Waals surface area (Å²) in [5, 5.41) is 13.5. The zero-order chi connectivity index (χ0) is 16.8. The average Bonchev–Trinajstić information content (AvgIpc) is 3.13. The number of aromatic amines is 1. The van der Waals surface area contributed by atoms with Crippen molar-refractivity contribution in [3.05, 3.63) is 75.0 Å². The number of rotatable bonds is 2. The van der Waals surface area contributed by atoms with Crippen molar-refractivity contribution < 1.29 is 15.3 Å². The number of nitrogens with one attached hydrogen (secondary N) is 1. The number of fused-ring (bicyclic) bond motifs is 1. The summed E-state index contributed by atoms with van der Waals surface area (Å²) in [5.41, 5.74) is 3.79. The number of aryl methyl sites for hydroxylation is 2. The molecule has 4 rings (SSSR count). The molecule has 1 aromatic carbocycles.